The number of nitrogen functional groups attached to an aromatic ring is 1. The van der Waals surface area contributed by atoms with E-state index in [1.54, 1.807) is 24.3 Å². The molecule has 0 saturated carbocycles. The summed E-state index contributed by atoms with van der Waals surface area (Å²) < 4.78 is 26.7. The van der Waals surface area contributed by atoms with Crippen LogP contribution in [-0.4, -0.2) is 13.4 Å². The maximum Gasteiger partial charge on any atom is 0.263 e. The number of sulfonamides is 1. The van der Waals surface area contributed by atoms with Gasteiger partial charge in [0.05, 0.1) is 16.8 Å². The van der Waals surface area contributed by atoms with Gasteiger partial charge in [0, 0.05) is 0 Å². The zero-order valence-corrected chi connectivity index (χ0v) is 11.5. The van der Waals surface area contributed by atoms with Crippen molar-refractivity contribution >= 4 is 21.5 Å². The molecular weight excluding hydrogens is 262 g/mol. The van der Waals surface area contributed by atoms with Gasteiger partial charge in [-0.1, -0.05) is 6.07 Å². The van der Waals surface area contributed by atoms with Crippen molar-refractivity contribution in [3.05, 3.63) is 47.7 Å². The number of anilines is 2. The first-order valence-corrected chi connectivity index (χ1v) is 7.18. The molecule has 0 fully saturated rings. The molecule has 3 N–H and O–H groups in total. The number of nitrogens with one attached hydrogen (secondary N) is 1. The number of hydrogen-bond donors (Lipinski definition) is 2. The minimum Gasteiger partial charge on any atom is -0.397 e. The first-order valence-electron chi connectivity index (χ1n) is 5.70. The van der Waals surface area contributed by atoms with Crippen molar-refractivity contribution in [3.8, 4) is 0 Å². The topological polar surface area (TPSA) is 85.1 Å². The second-order valence-electron chi connectivity index (χ2n) is 4.33. The van der Waals surface area contributed by atoms with Crippen molar-refractivity contribution in [2.45, 2.75) is 18.7 Å². The van der Waals surface area contributed by atoms with Gasteiger partial charge in [0.25, 0.3) is 10.0 Å². The summed E-state index contributed by atoms with van der Waals surface area (Å²) in [6.07, 6.45) is 1.40. The molecule has 0 aliphatic rings. The zero-order chi connectivity index (χ0) is 14.0. The van der Waals surface area contributed by atoms with Gasteiger partial charge < -0.3 is 5.73 Å². The van der Waals surface area contributed by atoms with E-state index in [2.05, 4.69) is 9.71 Å². The predicted octanol–water partition coefficient (Wildman–Crippen LogP) is 2.08. The van der Waals surface area contributed by atoms with Gasteiger partial charge in [0.1, 0.15) is 5.82 Å². The number of nitrogens with two attached hydrogens (primary N) is 1. The van der Waals surface area contributed by atoms with Crippen LogP contribution in [0.25, 0.3) is 0 Å². The van der Waals surface area contributed by atoms with Gasteiger partial charge in [-0.2, -0.15) is 0 Å². The van der Waals surface area contributed by atoms with Crippen LogP contribution in [0.2, 0.25) is 0 Å². The SMILES string of the molecule is Cc1ccc(S(=O)(=O)Nc2ccc(N)cn2)cc1C. The first-order chi connectivity index (χ1) is 8.88. The summed E-state index contributed by atoms with van der Waals surface area (Å²) >= 11 is 0. The van der Waals surface area contributed by atoms with Crippen molar-refractivity contribution in [1.29, 1.82) is 0 Å². The van der Waals surface area contributed by atoms with E-state index in [1.165, 1.54) is 12.3 Å². The Morgan fingerprint density at radius 2 is 1.84 bits per heavy atom. The van der Waals surface area contributed by atoms with E-state index in [-0.39, 0.29) is 10.7 Å². The first kappa shape index (κ1) is 13.4. The molecule has 1 heterocycles. The molecule has 0 radical (unpaired) electrons. The van der Waals surface area contributed by atoms with E-state index < -0.39 is 10.0 Å². The average molecular weight is 277 g/mol. The maximum absolute atomic E-state index is 12.2. The van der Waals surface area contributed by atoms with Crippen LogP contribution in [0.3, 0.4) is 0 Å². The molecule has 0 atom stereocenters. The monoisotopic (exact) mass is 277 g/mol. The predicted molar refractivity (Wildman–Crippen MR) is 75.4 cm³/mol. The fraction of sp³-hybridized carbons (Fsp3) is 0.154. The summed E-state index contributed by atoms with van der Waals surface area (Å²) in [5.41, 5.74) is 7.95. The molecule has 0 saturated heterocycles. The molecule has 0 bridgehead atoms. The molecule has 1 aromatic carbocycles. The van der Waals surface area contributed by atoms with E-state index in [0.717, 1.165) is 11.1 Å². The zero-order valence-electron chi connectivity index (χ0n) is 10.7. The molecule has 19 heavy (non-hydrogen) atoms. The fourth-order valence-electron chi connectivity index (χ4n) is 1.54. The third-order valence-corrected chi connectivity index (χ3v) is 4.17. The van der Waals surface area contributed by atoms with E-state index >= 15 is 0 Å². The van der Waals surface area contributed by atoms with E-state index in [0.29, 0.717) is 5.69 Å². The molecule has 5 nitrogen and oxygen atoms in total. The number of rotatable bonds is 3. The molecule has 6 heteroatoms. The Labute approximate surface area is 112 Å². The van der Waals surface area contributed by atoms with Gasteiger partial charge >= 0.3 is 0 Å². The largest absolute Gasteiger partial charge is 0.397 e. The van der Waals surface area contributed by atoms with Crippen molar-refractivity contribution < 1.29 is 8.42 Å². The van der Waals surface area contributed by atoms with Crippen LogP contribution in [0.4, 0.5) is 11.5 Å². The minimum absolute atomic E-state index is 0.217. The van der Waals surface area contributed by atoms with Gasteiger partial charge in [0.2, 0.25) is 0 Å². The van der Waals surface area contributed by atoms with Crippen molar-refractivity contribution in [2.75, 3.05) is 10.5 Å². The Morgan fingerprint density at radius 3 is 2.42 bits per heavy atom. The highest BCUT2D eigenvalue weighted by Crippen LogP contribution is 2.18. The summed E-state index contributed by atoms with van der Waals surface area (Å²) in [5, 5.41) is 0. The summed E-state index contributed by atoms with van der Waals surface area (Å²) in [6.45, 7) is 3.80. The van der Waals surface area contributed by atoms with Gasteiger partial charge in [-0.15, -0.1) is 0 Å². The highest BCUT2D eigenvalue weighted by Gasteiger charge is 2.15. The smallest absolute Gasteiger partial charge is 0.263 e. The van der Waals surface area contributed by atoms with Gasteiger partial charge in [-0.05, 0) is 49.2 Å². The maximum atomic E-state index is 12.2. The molecule has 1 aromatic heterocycles. The lowest BCUT2D eigenvalue weighted by molar-refractivity contribution is 0.601. The Bertz CT molecular complexity index is 694. The standard InChI is InChI=1S/C13H15N3O2S/c1-9-3-5-12(7-10(9)2)19(17,18)16-13-6-4-11(14)8-15-13/h3-8H,14H2,1-2H3,(H,15,16). The van der Waals surface area contributed by atoms with Crippen LogP contribution < -0.4 is 10.5 Å². The molecule has 100 valence electrons. The number of nitrogens with zero attached hydrogens (tertiary/aromatic N) is 1. The Balaban J connectivity index is 2.32. The van der Waals surface area contributed by atoms with Gasteiger partial charge in [0.15, 0.2) is 0 Å². The summed E-state index contributed by atoms with van der Waals surface area (Å²) in [6, 6.07) is 8.09. The average Bonchev–Trinajstić information content (AvgIpc) is 2.35. The van der Waals surface area contributed by atoms with E-state index in [9.17, 15) is 8.42 Å². The number of hydrogen-bond acceptors (Lipinski definition) is 4. The van der Waals surface area contributed by atoms with Crippen LogP contribution >= 0.6 is 0 Å². The summed E-state index contributed by atoms with van der Waals surface area (Å²) in [5.74, 6) is 0.243. The van der Waals surface area contributed by atoms with Crippen LogP contribution in [0.5, 0.6) is 0 Å². The van der Waals surface area contributed by atoms with Crippen molar-refractivity contribution in [2.24, 2.45) is 0 Å². The summed E-state index contributed by atoms with van der Waals surface area (Å²) in [4.78, 5) is 4.13. The van der Waals surface area contributed by atoms with Gasteiger partial charge in [-0.25, -0.2) is 13.4 Å². The van der Waals surface area contributed by atoms with E-state index in [1.807, 2.05) is 13.8 Å². The number of aryl methyl sites for hydroxylation is 2. The lowest BCUT2D eigenvalue weighted by Gasteiger charge is -2.09. The van der Waals surface area contributed by atoms with Crippen LogP contribution in [0, 0.1) is 13.8 Å². The highest BCUT2D eigenvalue weighted by molar-refractivity contribution is 7.92. The summed E-state index contributed by atoms with van der Waals surface area (Å²) in [7, 11) is -3.62. The third kappa shape index (κ3) is 3.03. The lowest BCUT2D eigenvalue weighted by Crippen LogP contribution is -2.14. The molecular formula is C13H15N3O2S. The second kappa shape index (κ2) is 4.89. The molecule has 0 amide bonds. The highest BCUT2D eigenvalue weighted by atomic mass is 32.2. The number of benzene rings is 1. The molecule has 2 aromatic rings. The number of pyridine rings is 1. The lowest BCUT2D eigenvalue weighted by atomic mass is 10.1. The Morgan fingerprint density at radius 1 is 1.11 bits per heavy atom. The molecule has 0 aliphatic carbocycles. The Kier molecular flexibility index (Phi) is 3.44. The molecule has 0 unspecified atom stereocenters. The van der Waals surface area contributed by atoms with E-state index in [4.69, 9.17) is 5.73 Å². The van der Waals surface area contributed by atoms with Crippen LogP contribution in [0.1, 0.15) is 11.1 Å². The second-order valence-corrected chi connectivity index (χ2v) is 6.01. The van der Waals surface area contributed by atoms with Crippen LogP contribution in [0.15, 0.2) is 41.4 Å². The normalized spacial score (nSPS) is 11.3. The molecule has 2 rings (SSSR count). The fourth-order valence-corrected chi connectivity index (χ4v) is 2.64. The van der Waals surface area contributed by atoms with Crippen molar-refractivity contribution in [3.63, 3.8) is 0 Å². The third-order valence-electron chi connectivity index (χ3n) is 2.81. The van der Waals surface area contributed by atoms with Crippen LogP contribution in [-0.2, 0) is 10.0 Å². The minimum atomic E-state index is -3.62. The molecule has 0 spiro atoms. The van der Waals surface area contributed by atoms with Crippen molar-refractivity contribution in [1.82, 2.24) is 4.98 Å². The quantitative estimate of drug-likeness (QED) is 0.899. The Hall–Kier alpha value is -2.08. The molecule has 0 aliphatic heterocycles. The number of aromatic nitrogens is 1. The van der Waals surface area contributed by atoms with Gasteiger partial charge in [-0.3, -0.25) is 4.72 Å².